The highest BCUT2D eigenvalue weighted by Gasteiger charge is 2.17. The van der Waals surface area contributed by atoms with E-state index in [4.69, 9.17) is 17.3 Å². The van der Waals surface area contributed by atoms with E-state index in [0.29, 0.717) is 6.54 Å². The number of nitrogens with zero attached hydrogens (tertiary/aromatic N) is 1. The molecule has 0 saturated heterocycles. The van der Waals surface area contributed by atoms with Gasteiger partial charge in [0.05, 0.1) is 0 Å². The summed E-state index contributed by atoms with van der Waals surface area (Å²) in [5.74, 6) is -0.0651. The highest BCUT2D eigenvalue weighted by atomic mass is 35.5. The molecule has 4 heteroatoms. The zero-order valence-electron chi connectivity index (χ0n) is 12.4. The second kappa shape index (κ2) is 6.11. The first-order valence-electron chi connectivity index (χ1n) is 7.27. The van der Waals surface area contributed by atoms with Crippen LogP contribution in [0.4, 0.5) is 4.39 Å². The third-order valence-corrected chi connectivity index (χ3v) is 4.31. The predicted molar refractivity (Wildman–Crippen MR) is 89.8 cm³/mol. The zero-order valence-corrected chi connectivity index (χ0v) is 13.1. The minimum atomic E-state index is -0.210. The Morgan fingerprint density at radius 1 is 1.23 bits per heavy atom. The lowest BCUT2D eigenvalue weighted by Gasteiger charge is -2.14. The first-order valence-corrected chi connectivity index (χ1v) is 7.65. The maximum Gasteiger partial charge on any atom is 0.123 e. The van der Waals surface area contributed by atoms with Crippen LogP contribution in [0.15, 0.2) is 48.7 Å². The first-order chi connectivity index (χ1) is 10.6. The molecule has 0 aliphatic heterocycles. The van der Waals surface area contributed by atoms with E-state index in [2.05, 4.69) is 10.8 Å². The molecule has 0 saturated carbocycles. The van der Waals surface area contributed by atoms with Crippen molar-refractivity contribution in [3.63, 3.8) is 0 Å². The van der Waals surface area contributed by atoms with Gasteiger partial charge in [-0.25, -0.2) is 4.39 Å². The Balaban J connectivity index is 2.00. The summed E-state index contributed by atoms with van der Waals surface area (Å²) in [6.07, 6.45) is 2.81. The fourth-order valence-corrected chi connectivity index (χ4v) is 3.15. The number of fused-ring (bicyclic) bond motifs is 1. The molecule has 0 spiro atoms. The Bertz CT molecular complexity index is 810. The van der Waals surface area contributed by atoms with Crippen molar-refractivity contribution in [2.24, 2.45) is 12.8 Å². The van der Waals surface area contributed by atoms with Crippen molar-refractivity contribution in [3.05, 3.63) is 70.6 Å². The number of hydrogen-bond acceptors (Lipinski definition) is 1. The first kappa shape index (κ1) is 15.1. The van der Waals surface area contributed by atoms with Crippen LogP contribution >= 0.6 is 11.6 Å². The van der Waals surface area contributed by atoms with Crippen LogP contribution in [0.25, 0.3) is 10.9 Å². The summed E-state index contributed by atoms with van der Waals surface area (Å²) in [5.41, 5.74) is 9.22. The minimum Gasteiger partial charge on any atom is -0.350 e. The van der Waals surface area contributed by atoms with Crippen LogP contribution in [0, 0.1) is 5.82 Å². The van der Waals surface area contributed by atoms with E-state index < -0.39 is 0 Å². The molecule has 2 N–H and O–H groups in total. The fourth-order valence-electron chi connectivity index (χ4n) is 2.98. The Labute approximate surface area is 134 Å². The van der Waals surface area contributed by atoms with Gasteiger partial charge in [0.15, 0.2) is 0 Å². The Morgan fingerprint density at radius 2 is 2.05 bits per heavy atom. The minimum absolute atomic E-state index is 0.145. The summed E-state index contributed by atoms with van der Waals surface area (Å²) in [7, 11) is 2.00. The van der Waals surface area contributed by atoms with Gasteiger partial charge in [-0.2, -0.15) is 0 Å². The predicted octanol–water partition coefficient (Wildman–Crippen LogP) is 4.26. The van der Waals surface area contributed by atoms with Gasteiger partial charge in [0.25, 0.3) is 0 Å². The van der Waals surface area contributed by atoms with Crippen LogP contribution in [0.3, 0.4) is 0 Å². The van der Waals surface area contributed by atoms with E-state index in [-0.39, 0.29) is 11.7 Å². The maximum absolute atomic E-state index is 13.4. The lowest BCUT2D eigenvalue weighted by atomic mass is 9.92. The number of rotatable bonds is 4. The van der Waals surface area contributed by atoms with Crippen LogP contribution in [0.2, 0.25) is 5.02 Å². The molecule has 0 radical (unpaired) electrons. The third kappa shape index (κ3) is 2.87. The van der Waals surface area contributed by atoms with Gasteiger partial charge in [-0.1, -0.05) is 29.8 Å². The molecule has 2 aromatic carbocycles. The number of halogens is 2. The van der Waals surface area contributed by atoms with Crippen molar-refractivity contribution in [2.45, 2.75) is 12.3 Å². The normalized spacial score (nSPS) is 12.7. The smallest absolute Gasteiger partial charge is 0.123 e. The average Bonchev–Trinajstić information content (AvgIpc) is 2.81. The molecule has 22 heavy (non-hydrogen) atoms. The lowest BCUT2D eigenvalue weighted by Crippen LogP contribution is -2.15. The van der Waals surface area contributed by atoms with Crippen LogP contribution in [-0.4, -0.2) is 11.1 Å². The SMILES string of the molecule is Cn1cc(C(CN)Cc2cccc(F)c2)c2ccc(Cl)cc21. The van der Waals surface area contributed by atoms with Crippen LogP contribution < -0.4 is 5.73 Å². The molecule has 0 aliphatic carbocycles. The van der Waals surface area contributed by atoms with E-state index in [0.717, 1.165) is 27.9 Å². The summed E-state index contributed by atoms with van der Waals surface area (Å²) in [6.45, 7) is 0.512. The molecule has 2 nitrogen and oxygen atoms in total. The molecule has 3 rings (SSSR count). The topological polar surface area (TPSA) is 30.9 Å². The van der Waals surface area contributed by atoms with Gasteiger partial charge >= 0.3 is 0 Å². The molecule has 0 fully saturated rings. The molecule has 1 unspecified atom stereocenters. The molecule has 1 aromatic heterocycles. The van der Waals surface area contributed by atoms with E-state index in [1.54, 1.807) is 12.1 Å². The molecule has 1 heterocycles. The summed E-state index contributed by atoms with van der Waals surface area (Å²) < 4.78 is 15.4. The van der Waals surface area contributed by atoms with Gasteiger partial charge < -0.3 is 10.3 Å². The highest BCUT2D eigenvalue weighted by Crippen LogP contribution is 2.31. The highest BCUT2D eigenvalue weighted by molar-refractivity contribution is 6.31. The number of benzene rings is 2. The van der Waals surface area contributed by atoms with Crippen molar-refractivity contribution in [2.75, 3.05) is 6.54 Å². The summed E-state index contributed by atoms with van der Waals surface area (Å²) >= 11 is 6.08. The second-order valence-electron chi connectivity index (χ2n) is 5.62. The largest absolute Gasteiger partial charge is 0.350 e. The van der Waals surface area contributed by atoms with Gasteiger partial charge in [0.1, 0.15) is 5.82 Å². The molecule has 0 aliphatic rings. The van der Waals surface area contributed by atoms with E-state index >= 15 is 0 Å². The van der Waals surface area contributed by atoms with E-state index in [9.17, 15) is 4.39 Å². The quantitative estimate of drug-likeness (QED) is 0.766. The Morgan fingerprint density at radius 3 is 2.77 bits per heavy atom. The van der Waals surface area contributed by atoms with Gasteiger partial charge in [-0.15, -0.1) is 0 Å². The standard InChI is InChI=1S/C18H18ClFN2/c1-22-11-17(16-6-5-14(19)9-18(16)22)13(10-21)7-12-3-2-4-15(20)8-12/h2-6,8-9,11,13H,7,10,21H2,1H3. The molecule has 3 aromatic rings. The third-order valence-electron chi connectivity index (χ3n) is 4.08. The van der Waals surface area contributed by atoms with Crippen molar-refractivity contribution in [1.29, 1.82) is 0 Å². The number of aromatic nitrogens is 1. The summed E-state index contributed by atoms with van der Waals surface area (Å²) in [4.78, 5) is 0. The van der Waals surface area contributed by atoms with Crippen molar-refractivity contribution < 1.29 is 4.39 Å². The van der Waals surface area contributed by atoms with Crippen LogP contribution in [0.1, 0.15) is 17.0 Å². The molecular weight excluding hydrogens is 299 g/mol. The summed E-state index contributed by atoms with van der Waals surface area (Å²) in [6, 6.07) is 12.6. The van der Waals surface area contributed by atoms with Crippen molar-refractivity contribution in [3.8, 4) is 0 Å². The van der Waals surface area contributed by atoms with Gasteiger partial charge in [-0.05, 0) is 48.4 Å². The lowest BCUT2D eigenvalue weighted by molar-refractivity contribution is 0.621. The van der Waals surface area contributed by atoms with E-state index in [1.165, 1.54) is 11.6 Å². The Kier molecular flexibility index (Phi) is 4.19. The average molecular weight is 317 g/mol. The maximum atomic E-state index is 13.4. The monoisotopic (exact) mass is 316 g/mol. The molecule has 0 bridgehead atoms. The molecule has 1 atom stereocenters. The molecule has 114 valence electrons. The molecular formula is C18H18ClFN2. The van der Waals surface area contributed by atoms with Crippen molar-refractivity contribution >= 4 is 22.5 Å². The number of nitrogens with two attached hydrogens (primary N) is 1. The summed E-state index contributed by atoms with van der Waals surface area (Å²) in [5, 5.41) is 1.87. The van der Waals surface area contributed by atoms with Crippen LogP contribution in [0.5, 0.6) is 0 Å². The zero-order chi connectivity index (χ0) is 15.7. The van der Waals surface area contributed by atoms with Crippen LogP contribution in [-0.2, 0) is 13.5 Å². The number of hydrogen-bond donors (Lipinski definition) is 1. The van der Waals surface area contributed by atoms with Gasteiger partial charge in [0, 0.05) is 35.1 Å². The van der Waals surface area contributed by atoms with Crippen molar-refractivity contribution in [1.82, 2.24) is 4.57 Å². The number of aryl methyl sites for hydroxylation is 1. The van der Waals surface area contributed by atoms with E-state index in [1.807, 2.05) is 31.3 Å². The molecule has 0 amide bonds. The van der Waals surface area contributed by atoms with Gasteiger partial charge in [0.2, 0.25) is 0 Å². The second-order valence-corrected chi connectivity index (χ2v) is 6.06. The fraction of sp³-hybridized carbons (Fsp3) is 0.222. The Hall–Kier alpha value is -1.84. The van der Waals surface area contributed by atoms with Gasteiger partial charge in [-0.3, -0.25) is 0 Å².